The molecule has 24 heavy (non-hydrogen) atoms. The molecule has 1 atom stereocenters. The van der Waals surface area contributed by atoms with Crippen molar-refractivity contribution in [2.75, 3.05) is 45.5 Å². The van der Waals surface area contributed by atoms with Crippen LogP contribution in [-0.2, 0) is 9.59 Å². The van der Waals surface area contributed by atoms with Crippen LogP contribution in [0.1, 0.15) is 10.9 Å². The van der Waals surface area contributed by atoms with E-state index >= 15 is 0 Å². The fourth-order valence-corrected chi connectivity index (χ4v) is 4.18. The fourth-order valence-electron chi connectivity index (χ4n) is 2.97. The minimum Gasteiger partial charge on any atom is -0.334 e. The number of quaternary nitrogens is 1. The zero-order valence-electron chi connectivity index (χ0n) is 13.4. The lowest BCUT2D eigenvalue weighted by atomic mass is 10.2. The number of nitrogens with zero attached hydrogens (tertiary/aromatic N) is 2. The van der Waals surface area contributed by atoms with E-state index in [0.29, 0.717) is 13.1 Å². The summed E-state index contributed by atoms with van der Waals surface area (Å²) in [4.78, 5) is 29.1. The molecule has 1 aromatic rings. The van der Waals surface area contributed by atoms with Crippen molar-refractivity contribution in [2.45, 2.75) is 5.37 Å². The number of thioether (sulfide) groups is 1. The molecule has 1 aromatic carbocycles. The molecule has 0 spiro atoms. The third kappa shape index (κ3) is 3.54. The van der Waals surface area contributed by atoms with Gasteiger partial charge < -0.3 is 14.7 Å². The highest BCUT2D eigenvalue weighted by molar-refractivity contribution is 8.00. The third-order valence-electron chi connectivity index (χ3n) is 4.47. The topological polar surface area (TPSA) is 45.1 Å². The SMILES string of the molecule is C[NH+]1CCN(C(=O)CN2C(=O)CS[C@@H]2c2ccc(F)cc2F)CC1. The lowest BCUT2D eigenvalue weighted by Gasteiger charge is -2.32. The molecule has 0 saturated carbocycles. The predicted octanol–water partition coefficient (Wildman–Crippen LogP) is -0.104. The molecule has 130 valence electrons. The standard InChI is InChI=1S/C16H19F2N3O2S/c1-19-4-6-20(7-5-19)14(22)9-21-15(23)10-24-16(21)12-3-2-11(17)8-13(12)18/h2-3,8,16H,4-7,9-10H2,1H3/p+1/t16-/m1/s1. The lowest BCUT2D eigenvalue weighted by molar-refractivity contribution is -0.883. The maximum absolute atomic E-state index is 14.0. The van der Waals surface area contributed by atoms with E-state index in [-0.39, 0.29) is 29.7 Å². The van der Waals surface area contributed by atoms with Crippen molar-refractivity contribution in [3.63, 3.8) is 0 Å². The Morgan fingerprint density at radius 1 is 1.33 bits per heavy atom. The summed E-state index contributed by atoms with van der Waals surface area (Å²) in [6.07, 6.45) is 0. The molecular formula is C16H20F2N3O2S+. The number of nitrogens with one attached hydrogen (secondary N) is 1. The summed E-state index contributed by atoms with van der Waals surface area (Å²) in [6, 6.07) is 3.32. The Bertz CT molecular complexity index is 650. The number of rotatable bonds is 3. The lowest BCUT2D eigenvalue weighted by Crippen LogP contribution is -3.12. The first-order valence-electron chi connectivity index (χ1n) is 7.91. The molecule has 5 nitrogen and oxygen atoms in total. The van der Waals surface area contributed by atoms with Crippen LogP contribution in [0, 0.1) is 11.6 Å². The summed E-state index contributed by atoms with van der Waals surface area (Å²) in [6.45, 7) is 3.02. The summed E-state index contributed by atoms with van der Waals surface area (Å²) >= 11 is 1.26. The summed E-state index contributed by atoms with van der Waals surface area (Å²) in [7, 11) is 2.08. The first kappa shape index (κ1) is 17.2. The summed E-state index contributed by atoms with van der Waals surface area (Å²) in [5.74, 6) is -1.47. The molecule has 2 amide bonds. The van der Waals surface area contributed by atoms with E-state index in [2.05, 4.69) is 7.05 Å². The molecule has 2 aliphatic rings. The Kier molecular flexibility index (Phi) is 5.05. The first-order valence-corrected chi connectivity index (χ1v) is 8.95. The average molecular weight is 356 g/mol. The van der Waals surface area contributed by atoms with Crippen LogP contribution in [0.25, 0.3) is 0 Å². The fraction of sp³-hybridized carbons (Fsp3) is 0.500. The molecule has 0 unspecified atom stereocenters. The van der Waals surface area contributed by atoms with E-state index in [9.17, 15) is 18.4 Å². The second-order valence-electron chi connectivity index (χ2n) is 6.19. The van der Waals surface area contributed by atoms with Gasteiger partial charge in [0.15, 0.2) is 0 Å². The average Bonchev–Trinajstić information content (AvgIpc) is 2.89. The Morgan fingerprint density at radius 3 is 2.71 bits per heavy atom. The van der Waals surface area contributed by atoms with E-state index in [1.807, 2.05) is 0 Å². The van der Waals surface area contributed by atoms with Gasteiger partial charge in [-0.3, -0.25) is 9.59 Å². The van der Waals surface area contributed by atoms with Gasteiger partial charge in [0.05, 0.1) is 39.0 Å². The van der Waals surface area contributed by atoms with Crippen molar-refractivity contribution in [3.05, 3.63) is 35.4 Å². The molecule has 0 bridgehead atoms. The Balaban J connectivity index is 1.72. The number of hydrogen-bond donors (Lipinski definition) is 1. The molecule has 0 aromatic heterocycles. The second-order valence-corrected chi connectivity index (χ2v) is 7.26. The molecular weight excluding hydrogens is 336 g/mol. The maximum atomic E-state index is 14.0. The second kappa shape index (κ2) is 7.06. The molecule has 2 saturated heterocycles. The van der Waals surface area contributed by atoms with Gasteiger partial charge in [0, 0.05) is 11.6 Å². The van der Waals surface area contributed by atoms with Crippen molar-refractivity contribution >= 4 is 23.6 Å². The minimum atomic E-state index is -0.692. The van der Waals surface area contributed by atoms with Gasteiger partial charge in [0.25, 0.3) is 0 Å². The van der Waals surface area contributed by atoms with Gasteiger partial charge in [-0.1, -0.05) is 6.07 Å². The van der Waals surface area contributed by atoms with E-state index in [0.717, 1.165) is 19.2 Å². The summed E-state index contributed by atoms with van der Waals surface area (Å²) < 4.78 is 27.2. The van der Waals surface area contributed by atoms with Crippen LogP contribution in [0.2, 0.25) is 0 Å². The smallest absolute Gasteiger partial charge is 0.242 e. The zero-order valence-corrected chi connectivity index (χ0v) is 14.2. The zero-order chi connectivity index (χ0) is 17.3. The van der Waals surface area contributed by atoms with Crippen LogP contribution in [-0.4, -0.2) is 67.1 Å². The van der Waals surface area contributed by atoms with E-state index in [1.54, 1.807) is 4.90 Å². The van der Waals surface area contributed by atoms with Gasteiger partial charge in [-0.05, 0) is 6.07 Å². The van der Waals surface area contributed by atoms with Crippen LogP contribution in [0.4, 0.5) is 8.78 Å². The highest BCUT2D eigenvalue weighted by Gasteiger charge is 2.37. The first-order chi connectivity index (χ1) is 11.5. The van der Waals surface area contributed by atoms with Gasteiger partial charge in [-0.15, -0.1) is 11.8 Å². The largest absolute Gasteiger partial charge is 0.334 e. The number of likely N-dealkylation sites (N-methyl/N-ethyl adjacent to an activating group) is 1. The number of benzene rings is 1. The van der Waals surface area contributed by atoms with E-state index in [4.69, 9.17) is 0 Å². The molecule has 0 aliphatic carbocycles. The Morgan fingerprint density at radius 2 is 2.04 bits per heavy atom. The number of piperazine rings is 1. The van der Waals surface area contributed by atoms with Gasteiger partial charge in [-0.25, -0.2) is 8.78 Å². The highest BCUT2D eigenvalue weighted by atomic mass is 32.2. The molecule has 2 fully saturated rings. The summed E-state index contributed by atoms with van der Waals surface area (Å²) in [5, 5.41) is -0.583. The number of hydrogen-bond acceptors (Lipinski definition) is 3. The number of carbonyl (C=O) groups is 2. The van der Waals surface area contributed by atoms with Crippen LogP contribution >= 0.6 is 11.8 Å². The van der Waals surface area contributed by atoms with Gasteiger partial charge in [0.1, 0.15) is 23.6 Å². The molecule has 8 heteroatoms. The minimum absolute atomic E-state index is 0.0631. The Hall–Kier alpha value is -1.67. The van der Waals surface area contributed by atoms with Crippen molar-refractivity contribution < 1.29 is 23.3 Å². The van der Waals surface area contributed by atoms with Crippen LogP contribution in [0.3, 0.4) is 0 Å². The van der Waals surface area contributed by atoms with Crippen LogP contribution in [0.5, 0.6) is 0 Å². The summed E-state index contributed by atoms with van der Waals surface area (Å²) in [5.41, 5.74) is 0.239. The number of carbonyl (C=O) groups excluding carboxylic acids is 2. The molecule has 3 rings (SSSR count). The number of amides is 2. The van der Waals surface area contributed by atoms with E-state index < -0.39 is 17.0 Å². The maximum Gasteiger partial charge on any atom is 0.242 e. The third-order valence-corrected chi connectivity index (χ3v) is 5.71. The number of halogens is 2. The molecule has 2 heterocycles. The predicted molar refractivity (Wildman–Crippen MR) is 86.5 cm³/mol. The Labute approximate surface area is 143 Å². The quantitative estimate of drug-likeness (QED) is 0.823. The van der Waals surface area contributed by atoms with E-state index in [1.165, 1.54) is 33.7 Å². The van der Waals surface area contributed by atoms with Gasteiger partial charge in [-0.2, -0.15) is 0 Å². The van der Waals surface area contributed by atoms with Crippen LogP contribution in [0.15, 0.2) is 18.2 Å². The molecule has 0 radical (unpaired) electrons. The van der Waals surface area contributed by atoms with Gasteiger partial charge in [0.2, 0.25) is 11.8 Å². The normalized spacial score (nSPS) is 22.3. The van der Waals surface area contributed by atoms with Crippen molar-refractivity contribution in [1.82, 2.24) is 9.80 Å². The van der Waals surface area contributed by atoms with Crippen LogP contribution < -0.4 is 4.90 Å². The highest BCUT2D eigenvalue weighted by Crippen LogP contribution is 2.39. The van der Waals surface area contributed by atoms with Crippen molar-refractivity contribution in [1.29, 1.82) is 0 Å². The molecule has 2 aliphatic heterocycles. The van der Waals surface area contributed by atoms with Crippen molar-refractivity contribution in [2.24, 2.45) is 0 Å². The molecule has 1 N–H and O–H groups in total. The van der Waals surface area contributed by atoms with Gasteiger partial charge >= 0.3 is 0 Å². The van der Waals surface area contributed by atoms with Crippen molar-refractivity contribution in [3.8, 4) is 0 Å². The monoisotopic (exact) mass is 356 g/mol.